The molecule has 0 heterocycles. The molecule has 0 saturated heterocycles. The van der Waals surface area contributed by atoms with E-state index in [1.807, 2.05) is 37.3 Å². The van der Waals surface area contributed by atoms with Crippen molar-refractivity contribution in [1.29, 1.82) is 0 Å². The topological polar surface area (TPSA) is 52.3 Å². The Kier molecular flexibility index (Phi) is 4.31. The number of ether oxygens (including phenoxy) is 1. The van der Waals surface area contributed by atoms with Crippen LogP contribution in [0.2, 0.25) is 0 Å². The summed E-state index contributed by atoms with van der Waals surface area (Å²) in [6.07, 6.45) is 0.630. The number of hydrogen-bond donors (Lipinski definition) is 1. The van der Waals surface area contributed by atoms with Gasteiger partial charge in [-0.3, -0.25) is 4.79 Å². The van der Waals surface area contributed by atoms with Crippen LogP contribution in [0.4, 0.5) is 0 Å². The Morgan fingerprint density at radius 3 is 2.47 bits per heavy atom. The smallest absolute Gasteiger partial charge is 0.310 e. The fraction of sp³-hybridized carbons (Fsp3) is 0.417. The normalized spacial score (nSPS) is 14.3. The Morgan fingerprint density at radius 1 is 1.40 bits per heavy atom. The lowest BCUT2D eigenvalue weighted by molar-refractivity contribution is -0.146. The van der Waals surface area contributed by atoms with Gasteiger partial charge in [-0.15, -0.1) is 0 Å². The first-order valence-electron chi connectivity index (χ1n) is 5.02. The molecule has 0 amide bonds. The number of carbonyl (C=O) groups is 1. The molecule has 1 rings (SSSR count). The Bertz CT molecular complexity index is 309. The standard InChI is InChI=1S/C12H17NO2/c1-9(13)11(12(14)15-2)8-10-6-4-3-5-7-10/h3-7,9,11H,8,13H2,1-2H3/t9-,11+/m1/s1. The zero-order valence-corrected chi connectivity index (χ0v) is 9.14. The van der Waals surface area contributed by atoms with Crippen LogP contribution in [0.25, 0.3) is 0 Å². The molecular formula is C12H17NO2. The molecule has 0 saturated carbocycles. The molecule has 0 aliphatic rings. The van der Waals surface area contributed by atoms with Crippen molar-refractivity contribution in [3.63, 3.8) is 0 Å². The summed E-state index contributed by atoms with van der Waals surface area (Å²) in [6, 6.07) is 9.62. The van der Waals surface area contributed by atoms with Crippen LogP contribution in [0, 0.1) is 5.92 Å². The van der Waals surface area contributed by atoms with Crippen LogP contribution in [-0.4, -0.2) is 19.1 Å². The maximum atomic E-state index is 11.5. The van der Waals surface area contributed by atoms with E-state index in [-0.39, 0.29) is 17.9 Å². The lowest BCUT2D eigenvalue weighted by Gasteiger charge is -2.18. The Balaban J connectivity index is 2.72. The number of methoxy groups -OCH3 is 1. The SMILES string of the molecule is COC(=O)[C@@H](Cc1ccccc1)[C@@H](C)N. The molecule has 0 aliphatic heterocycles. The van der Waals surface area contributed by atoms with Crippen molar-refractivity contribution in [2.45, 2.75) is 19.4 Å². The summed E-state index contributed by atoms with van der Waals surface area (Å²) < 4.78 is 4.73. The number of esters is 1. The van der Waals surface area contributed by atoms with Crippen LogP contribution in [0.15, 0.2) is 30.3 Å². The third kappa shape index (κ3) is 3.36. The molecule has 0 bridgehead atoms. The van der Waals surface area contributed by atoms with Gasteiger partial charge in [-0.2, -0.15) is 0 Å². The first kappa shape index (κ1) is 11.7. The van der Waals surface area contributed by atoms with Gasteiger partial charge in [0.05, 0.1) is 13.0 Å². The van der Waals surface area contributed by atoms with Gasteiger partial charge in [0.15, 0.2) is 0 Å². The fourth-order valence-electron chi connectivity index (χ4n) is 1.50. The number of carbonyl (C=O) groups excluding carboxylic acids is 1. The number of hydrogen-bond acceptors (Lipinski definition) is 3. The number of benzene rings is 1. The average Bonchev–Trinajstić information content (AvgIpc) is 2.26. The molecule has 0 radical (unpaired) electrons. The van der Waals surface area contributed by atoms with E-state index in [2.05, 4.69) is 0 Å². The predicted molar refractivity (Wildman–Crippen MR) is 59.3 cm³/mol. The van der Waals surface area contributed by atoms with E-state index >= 15 is 0 Å². The quantitative estimate of drug-likeness (QED) is 0.758. The highest BCUT2D eigenvalue weighted by Crippen LogP contribution is 2.12. The minimum Gasteiger partial charge on any atom is -0.469 e. The molecule has 2 atom stereocenters. The Morgan fingerprint density at radius 2 is 2.00 bits per heavy atom. The molecule has 2 N–H and O–H groups in total. The molecule has 3 heteroatoms. The summed E-state index contributed by atoms with van der Waals surface area (Å²) in [5.41, 5.74) is 6.86. The molecule has 0 spiro atoms. The summed E-state index contributed by atoms with van der Waals surface area (Å²) in [5, 5.41) is 0. The van der Waals surface area contributed by atoms with Gasteiger partial charge >= 0.3 is 5.97 Å². The van der Waals surface area contributed by atoms with Gasteiger partial charge in [0.1, 0.15) is 0 Å². The molecule has 0 aromatic heterocycles. The Labute approximate surface area is 90.2 Å². The van der Waals surface area contributed by atoms with Crippen molar-refractivity contribution >= 4 is 5.97 Å². The molecule has 0 fully saturated rings. The van der Waals surface area contributed by atoms with Crippen LogP contribution in [0.1, 0.15) is 12.5 Å². The van der Waals surface area contributed by atoms with Gasteiger partial charge < -0.3 is 10.5 Å². The van der Waals surface area contributed by atoms with Crippen molar-refractivity contribution in [3.8, 4) is 0 Å². The largest absolute Gasteiger partial charge is 0.469 e. The van der Waals surface area contributed by atoms with E-state index in [1.165, 1.54) is 7.11 Å². The first-order valence-corrected chi connectivity index (χ1v) is 5.02. The second-order valence-corrected chi connectivity index (χ2v) is 3.68. The zero-order valence-electron chi connectivity index (χ0n) is 9.14. The second-order valence-electron chi connectivity index (χ2n) is 3.68. The molecule has 1 aromatic rings. The van der Waals surface area contributed by atoms with E-state index in [1.54, 1.807) is 0 Å². The molecular weight excluding hydrogens is 190 g/mol. The first-order chi connectivity index (χ1) is 7.15. The van der Waals surface area contributed by atoms with E-state index in [0.717, 1.165) is 5.56 Å². The predicted octanol–water partition coefficient (Wildman–Crippen LogP) is 1.37. The van der Waals surface area contributed by atoms with Crippen molar-refractivity contribution in [1.82, 2.24) is 0 Å². The van der Waals surface area contributed by atoms with Gasteiger partial charge in [-0.05, 0) is 18.9 Å². The molecule has 82 valence electrons. The van der Waals surface area contributed by atoms with Gasteiger partial charge in [0.2, 0.25) is 0 Å². The van der Waals surface area contributed by atoms with Gasteiger partial charge in [-0.1, -0.05) is 30.3 Å². The van der Waals surface area contributed by atoms with E-state index < -0.39 is 0 Å². The molecule has 0 unspecified atom stereocenters. The van der Waals surface area contributed by atoms with Gasteiger partial charge in [0.25, 0.3) is 0 Å². The molecule has 0 aliphatic carbocycles. The fourth-order valence-corrected chi connectivity index (χ4v) is 1.50. The van der Waals surface area contributed by atoms with Crippen LogP contribution in [-0.2, 0) is 16.0 Å². The van der Waals surface area contributed by atoms with Crippen molar-refractivity contribution in [2.24, 2.45) is 11.7 Å². The Hall–Kier alpha value is -1.35. The second kappa shape index (κ2) is 5.51. The van der Waals surface area contributed by atoms with Crippen molar-refractivity contribution in [2.75, 3.05) is 7.11 Å². The number of rotatable bonds is 4. The zero-order chi connectivity index (χ0) is 11.3. The highest BCUT2D eigenvalue weighted by atomic mass is 16.5. The molecule has 1 aromatic carbocycles. The van der Waals surface area contributed by atoms with Gasteiger partial charge in [0, 0.05) is 6.04 Å². The highest BCUT2D eigenvalue weighted by Gasteiger charge is 2.23. The maximum Gasteiger partial charge on any atom is 0.310 e. The average molecular weight is 207 g/mol. The maximum absolute atomic E-state index is 11.5. The third-order valence-electron chi connectivity index (χ3n) is 2.44. The van der Waals surface area contributed by atoms with Crippen LogP contribution in [0.5, 0.6) is 0 Å². The molecule has 15 heavy (non-hydrogen) atoms. The van der Waals surface area contributed by atoms with E-state index in [0.29, 0.717) is 6.42 Å². The van der Waals surface area contributed by atoms with E-state index in [9.17, 15) is 4.79 Å². The van der Waals surface area contributed by atoms with Crippen LogP contribution in [0.3, 0.4) is 0 Å². The monoisotopic (exact) mass is 207 g/mol. The van der Waals surface area contributed by atoms with Crippen LogP contribution >= 0.6 is 0 Å². The highest BCUT2D eigenvalue weighted by molar-refractivity contribution is 5.73. The van der Waals surface area contributed by atoms with Crippen molar-refractivity contribution in [3.05, 3.63) is 35.9 Å². The number of nitrogens with two attached hydrogens (primary N) is 1. The van der Waals surface area contributed by atoms with Crippen molar-refractivity contribution < 1.29 is 9.53 Å². The minimum atomic E-state index is -0.266. The van der Waals surface area contributed by atoms with E-state index in [4.69, 9.17) is 10.5 Å². The summed E-state index contributed by atoms with van der Waals surface area (Å²) in [7, 11) is 1.39. The molecule has 3 nitrogen and oxygen atoms in total. The minimum absolute atomic E-state index is 0.197. The summed E-state index contributed by atoms with van der Waals surface area (Å²) >= 11 is 0. The summed E-state index contributed by atoms with van der Waals surface area (Å²) in [5.74, 6) is -0.508. The van der Waals surface area contributed by atoms with Crippen LogP contribution < -0.4 is 5.73 Å². The summed E-state index contributed by atoms with van der Waals surface area (Å²) in [4.78, 5) is 11.5. The summed E-state index contributed by atoms with van der Waals surface area (Å²) in [6.45, 7) is 1.82. The lowest BCUT2D eigenvalue weighted by Crippen LogP contribution is -2.35. The van der Waals surface area contributed by atoms with Gasteiger partial charge in [-0.25, -0.2) is 0 Å². The lowest BCUT2D eigenvalue weighted by atomic mass is 9.94. The third-order valence-corrected chi connectivity index (χ3v) is 2.44.